The van der Waals surface area contributed by atoms with Gasteiger partial charge in [0.25, 0.3) is 5.91 Å². The zero-order chi connectivity index (χ0) is 23.5. The number of hydrogen-bond donors (Lipinski definition) is 2. The monoisotopic (exact) mass is 460 g/mol. The van der Waals surface area contributed by atoms with Crippen molar-refractivity contribution in [1.29, 1.82) is 0 Å². The first-order valence-electron chi connectivity index (χ1n) is 10.7. The molecule has 8 nitrogen and oxygen atoms in total. The summed E-state index contributed by atoms with van der Waals surface area (Å²) >= 11 is 0. The first-order valence-corrected chi connectivity index (χ1v) is 10.7. The molecule has 1 fully saturated rings. The molecule has 3 aromatic rings. The normalized spacial score (nSPS) is 14.4. The van der Waals surface area contributed by atoms with E-state index in [0.29, 0.717) is 29.3 Å². The van der Waals surface area contributed by atoms with E-state index in [-0.39, 0.29) is 29.1 Å². The number of nitrogens with one attached hydrogen (secondary N) is 1. The second kappa shape index (κ2) is 9.62. The van der Waals surface area contributed by atoms with E-state index in [4.69, 9.17) is 19.9 Å². The smallest absolute Gasteiger partial charge is 0.387 e. The number of benzene rings is 1. The van der Waals surface area contributed by atoms with E-state index in [1.54, 1.807) is 35.0 Å². The van der Waals surface area contributed by atoms with Gasteiger partial charge in [-0.2, -0.15) is 8.78 Å². The second-order valence-electron chi connectivity index (χ2n) is 7.89. The highest BCUT2D eigenvalue weighted by Crippen LogP contribution is 2.37. The summed E-state index contributed by atoms with van der Waals surface area (Å²) < 4.78 is 43.9. The molecule has 1 atom stereocenters. The SMILES string of the molecule is CCC(N)COc1ccn2c(-c3cc(OC)c(C(=O)NC4CC4)c(OC(F)F)c3)cnc2c1. The number of amides is 1. The van der Waals surface area contributed by atoms with Gasteiger partial charge < -0.3 is 25.3 Å². The number of carbonyl (C=O) groups excluding carboxylic acids is 1. The Morgan fingerprint density at radius 1 is 1.30 bits per heavy atom. The molecule has 2 aromatic heterocycles. The molecule has 33 heavy (non-hydrogen) atoms. The lowest BCUT2D eigenvalue weighted by atomic mass is 10.1. The van der Waals surface area contributed by atoms with Crippen molar-refractivity contribution in [2.75, 3.05) is 13.7 Å². The Bertz CT molecular complexity index is 1150. The predicted octanol–water partition coefficient (Wildman–Crippen LogP) is 3.62. The first-order chi connectivity index (χ1) is 15.9. The summed E-state index contributed by atoms with van der Waals surface area (Å²) in [4.78, 5) is 17.1. The topological polar surface area (TPSA) is 100 Å². The molecule has 0 spiro atoms. The van der Waals surface area contributed by atoms with Crippen molar-refractivity contribution in [3.05, 3.63) is 42.2 Å². The molecule has 1 unspecified atom stereocenters. The average molecular weight is 460 g/mol. The van der Waals surface area contributed by atoms with Crippen LogP contribution in [0.3, 0.4) is 0 Å². The van der Waals surface area contributed by atoms with Crippen molar-refractivity contribution >= 4 is 11.6 Å². The number of imidazole rings is 1. The number of methoxy groups -OCH3 is 1. The third-order valence-corrected chi connectivity index (χ3v) is 5.41. The highest BCUT2D eigenvalue weighted by atomic mass is 19.3. The van der Waals surface area contributed by atoms with E-state index in [0.717, 1.165) is 19.3 Å². The van der Waals surface area contributed by atoms with Crippen LogP contribution in [0.25, 0.3) is 16.9 Å². The summed E-state index contributed by atoms with van der Waals surface area (Å²) in [6.07, 6.45) is 5.87. The highest BCUT2D eigenvalue weighted by Gasteiger charge is 2.29. The second-order valence-corrected chi connectivity index (χ2v) is 7.89. The van der Waals surface area contributed by atoms with Gasteiger partial charge in [0.2, 0.25) is 0 Å². The van der Waals surface area contributed by atoms with E-state index in [1.165, 1.54) is 13.2 Å². The van der Waals surface area contributed by atoms with Crippen LogP contribution in [0, 0.1) is 0 Å². The Morgan fingerprint density at radius 3 is 2.73 bits per heavy atom. The van der Waals surface area contributed by atoms with Crippen LogP contribution in [0.4, 0.5) is 8.78 Å². The van der Waals surface area contributed by atoms with Crippen LogP contribution in [0.2, 0.25) is 0 Å². The molecule has 0 bridgehead atoms. The lowest BCUT2D eigenvalue weighted by Crippen LogP contribution is -2.26. The Labute approximate surface area is 189 Å². The van der Waals surface area contributed by atoms with E-state index >= 15 is 0 Å². The fourth-order valence-electron chi connectivity index (χ4n) is 3.38. The van der Waals surface area contributed by atoms with Crippen molar-refractivity contribution in [3.8, 4) is 28.5 Å². The van der Waals surface area contributed by atoms with Gasteiger partial charge >= 0.3 is 6.61 Å². The number of pyridine rings is 1. The van der Waals surface area contributed by atoms with Gasteiger partial charge in [0.05, 0.1) is 19.0 Å². The highest BCUT2D eigenvalue weighted by molar-refractivity contribution is 6.01. The summed E-state index contributed by atoms with van der Waals surface area (Å²) in [6, 6.07) is 6.51. The summed E-state index contributed by atoms with van der Waals surface area (Å²) in [7, 11) is 1.37. The lowest BCUT2D eigenvalue weighted by molar-refractivity contribution is -0.0502. The van der Waals surface area contributed by atoms with Crippen LogP contribution >= 0.6 is 0 Å². The number of halogens is 2. The fourth-order valence-corrected chi connectivity index (χ4v) is 3.38. The van der Waals surface area contributed by atoms with Gasteiger partial charge in [0.1, 0.15) is 35.1 Å². The maximum absolute atomic E-state index is 13.2. The minimum absolute atomic E-state index is 0.0448. The van der Waals surface area contributed by atoms with E-state index in [2.05, 4.69) is 10.3 Å². The van der Waals surface area contributed by atoms with Crippen LogP contribution < -0.4 is 25.3 Å². The van der Waals surface area contributed by atoms with Crippen molar-refractivity contribution in [2.24, 2.45) is 5.73 Å². The van der Waals surface area contributed by atoms with E-state index in [1.807, 2.05) is 6.92 Å². The zero-order valence-electron chi connectivity index (χ0n) is 18.4. The largest absolute Gasteiger partial charge is 0.496 e. The van der Waals surface area contributed by atoms with Crippen molar-refractivity contribution < 1.29 is 27.8 Å². The molecule has 176 valence electrons. The van der Waals surface area contributed by atoms with Gasteiger partial charge in [-0.3, -0.25) is 9.20 Å². The molecule has 10 heteroatoms. The molecule has 0 saturated heterocycles. The van der Waals surface area contributed by atoms with Crippen LogP contribution in [-0.2, 0) is 0 Å². The minimum atomic E-state index is -3.10. The van der Waals surface area contributed by atoms with Gasteiger partial charge in [-0.1, -0.05) is 6.92 Å². The van der Waals surface area contributed by atoms with E-state index < -0.39 is 12.5 Å². The maximum Gasteiger partial charge on any atom is 0.387 e. The quantitative estimate of drug-likeness (QED) is 0.479. The molecular weight excluding hydrogens is 434 g/mol. The number of carbonyl (C=O) groups is 1. The number of aromatic nitrogens is 2. The van der Waals surface area contributed by atoms with Crippen molar-refractivity contribution in [2.45, 2.75) is 44.9 Å². The predicted molar refractivity (Wildman–Crippen MR) is 118 cm³/mol. The number of alkyl halides is 2. The number of ether oxygens (including phenoxy) is 3. The maximum atomic E-state index is 13.2. The summed E-state index contributed by atoms with van der Waals surface area (Å²) in [6.45, 7) is -0.733. The molecule has 0 radical (unpaired) electrons. The molecule has 4 rings (SSSR count). The molecule has 1 aliphatic carbocycles. The standard InChI is InChI=1S/C23H26F2N4O4/c1-3-14(26)12-32-16-6-7-29-17(11-27-20(29)10-16)13-8-18(31-2)21(19(9-13)33-23(24)25)22(30)28-15-4-5-15/h6-11,14-15,23H,3-5,12,26H2,1-2H3,(H,28,30). The Morgan fingerprint density at radius 2 is 2.06 bits per heavy atom. The third-order valence-electron chi connectivity index (χ3n) is 5.41. The van der Waals surface area contributed by atoms with Gasteiger partial charge in [0, 0.05) is 29.9 Å². The van der Waals surface area contributed by atoms with Crippen LogP contribution in [0.1, 0.15) is 36.5 Å². The molecule has 1 aliphatic rings. The van der Waals surface area contributed by atoms with Gasteiger partial charge in [-0.25, -0.2) is 4.98 Å². The summed E-state index contributed by atoms with van der Waals surface area (Å²) in [5.74, 6) is -0.0255. The third kappa shape index (κ3) is 5.16. The average Bonchev–Trinajstić information content (AvgIpc) is 3.51. The number of hydrogen-bond acceptors (Lipinski definition) is 6. The van der Waals surface area contributed by atoms with Crippen molar-refractivity contribution in [1.82, 2.24) is 14.7 Å². The molecular formula is C23H26F2N4O4. The molecule has 3 N–H and O–H groups in total. The number of nitrogens with two attached hydrogens (primary N) is 1. The van der Waals surface area contributed by atoms with Gasteiger partial charge in [-0.15, -0.1) is 0 Å². The molecule has 2 heterocycles. The Kier molecular flexibility index (Phi) is 6.64. The van der Waals surface area contributed by atoms with Gasteiger partial charge in [0.15, 0.2) is 0 Å². The lowest BCUT2D eigenvalue weighted by Gasteiger charge is -2.16. The molecule has 1 amide bonds. The molecule has 0 aliphatic heterocycles. The summed E-state index contributed by atoms with van der Waals surface area (Å²) in [5, 5.41) is 2.79. The Hall–Kier alpha value is -3.40. The first kappa shape index (κ1) is 22.8. The van der Waals surface area contributed by atoms with Gasteiger partial charge in [-0.05, 0) is 37.5 Å². The van der Waals surface area contributed by atoms with Crippen LogP contribution in [0.15, 0.2) is 36.7 Å². The number of rotatable bonds is 10. The van der Waals surface area contributed by atoms with Crippen molar-refractivity contribution in [3.63, 3.8) is 0 Å². The molecule has 1 aromatic carbocycles. The number of nitrogens with zero attached hydrogens (tertiary/aromatic N) is 2. The fraction of sp³-hybridized carbons (Fsp3) is 0.391. The van der Waals surface area contributed by atoms with E-state index in [9.17, 15) is 13.6 Å². The summed E-state index contributed by atoms with van der Waals surface area (Å²) in [5.41, 5.74) is 7.54. The van der Waals surface area contributed by atoms with Crippen LogP contribution in [-0.4, -0.2) is 47.7 Å². The molecule has 1 saturated carbocycles. The Balaban J connectivity index is 1.71. The minimum Gasteiger partial charge on any atom is -0.496 e. The van der Waals surface area contributed by atoms with Crippen LogP contribution in [0.5, 0.6) is 17.2 Å². The zero-order valence-corrected chi connectivity index (χ0v) is 18.4. The number of fused-ring (bicyclic) bond motifs is 1.